The highest BCUT2D eigenvalue weighted by atomic mass is 16.5. The van der Waals surface area contributed by atoms with E-state index < -0.39 is 24.0 Å². The molecule has 1 unspecified atom stereocenters. The van der Waals surface area contributed by atoms with Crippen LogP contribution in [0, 0.1) is 5.92 Å². The SMILES string of the molecule is CC(=O)C[C@H]1O[C@@H](n2cnc3c(=O)[nH]c(NC(=O)C(C)C)nc32)CC1O. The Labute approximate surface area is 148 Å². The summed E-state index contributed by atoms with van der Waals surface area (Å²) in [5.41, 5.74) is -0.166. The standard InChI is InChI=1S/C16H21N5O5/c1-7(2)14(24)19-16-18-13-12(15(25)20-16)17-6-21(13)11-5-9(23)10(26-11)4-8(3)22/h6-7,9-11,23H,4-5H2,1-3H3,(H2,18,19,20,24,25)/t9?,10-,11-/m1/s1. The summed E-state index contributed by atoms with van der Waals surface area (Å²) in [6.07, 6.45) is -0.281. The smallest absolute Gasteiger partial charge is 0.280 e. The summed E-state index contributed by atoms with van der Waals surface area (Å²) in [4.78, 5) is 46.1. The summed E-state index contributed by atoms with van der Waals surface area (Å²) in [7, 11) is 0. The molecule has 0 aliphatic carbocycles. The van der Waals surface area contributed by atoms with Crippen molar-refractivity contribution in [2.24, 2.45) is 5.92 Å². The Kier molecular flexibility index (Phi) is 4.88. The monoisotopic (exact) mass is 363 g/mol. The van der Waals surface area contributed by atoms with Crippen LogP contribution in [0.4, 0.5) is 5.95 Å². The number of aromatic nitrogens is 4. The molecule has 10 heteroatoms. The van der Waals surface area contributed by atoms with Gasteiger partial charge in [-0.3, -0.25) is 29.3 Å². The highest BCUT2D eigenvalue weighted by Gasteiger charge is 2.36. The summed E-state index contributed by atoms with van der Waals surface area (Å²) < 4.78 is 7.28. The molecule has 2 aromatic heterocycles. The number of aliphatic hydroxyl groups is 1. The van der Waals surface area contributed by atoms with Gasteiger partial charge in [-0.05, 0) is 6.92 Å². The number of carbonyl (C=O) groups is 2. The van der Waals surface area contributed by atoms with Crippen LogP contribution in [0.5, 0.6) is 0 Å². The zero-order valence-corrected chi connectivity index (χ0v) is 14.7. The lowest BCUT2D eigenvalue weighted by molar-refractivity contribution is -0.121. The molecule has 0 bridgehead atoms. The Morgan fingerprint density at radius 2 is 2.23 bits per heavy atom. The average Bonchev–Trinajstić information content (AvgIpc) is 3.11. The van der Waals surface area contributed by atoms with E-state index in [1.807, 2.05) is 0 Å². The summed E-state index contributed by atoms with van der Waals surface area (Å²) in [5, 5.41) is 12.7. The molecule has 1 amide bonds. The van der Waals surface area contributed by atoms with Gasteiger partial charge in [0.05, 0.1) is 18.5 Å². The first kappa shape index (κ1) is 18.2. The molecular formula is C16H21N5O5. The van der Waals surface area contributed by atoms with E-state index in [-0.39, 0.29) is 47.6 Å². The number of hydrogen-bond acceptors (Lipinski definition) is 7. The first-order valence-electron chi connectivity index (χ1n) is 8.37. The van der Waals surface area contributed by atoms with Crippen LogP contribution in [0.1, 0.15) is 39.8 Å². The molecule has 3 heterocycles. The van der Waals surface area contributed by atoms with Gasteiger partial charge in [0, 0.05) is 18.8 Å². The Balaban J connectivity index is 1.92. The lowest BCUT2D eigenvalue weighted by Crippen LogP contribution is -2.23. The molecule has 0 saturated carbocycles. The van der Waals surface area contributed by atoms with E-state index in [4.69, 9.17) is 4.74 Å². The molecule has 0 spiro atoms. The Hall–Kier alpha value is -2.59. The third-order valence-corrected chi connectivity index (χ3v) is 4.20. The van der Waals surface area contributed by atoms with Crippen LogP contribution < -0.4 is 10.9 Å². The molecule has 3 rings (SSSR count). The minimum Gasteiger partial charge on any atom is -0.390 e. The molecule has 2 aromatic rings. The number of ketones is 1. The number of hydrogen-bond donors (Lipinski definition) is 3. The number of imidazole rings is 1. The molecule has 26 heavy (non-hydrogen) atoms. The Bertz CT molecular complexity index is 902. The number of rotatable bonds is 5. The number of H-pyrrole nitrogens is 1. The first-order chi connectivity index (χ1) is 12.3. The molecule has 1 aliphatic heterocycles. The number of amides is 1. The van der Waals surface area contributed by atoms with Gasteiger partial charge in [-0.15, -0.1) is 0 Å². The second-order valence-electron chi connectivity index (χ2n) is 6.72. The maximum absolute atomic E-state index is 12.2. The number of aliphatic hydroxyl groups excluding tert-OH is 1. The second kappa shape index (κ2) is 6.96. The number of nitrogens with one attached hydrogen (secondary N) is 2. The molecule has 3 atom stereocenters. The van der Waals surface area contributed by atoms with Crippen molar-refractivity contribution in [1.82, 2.24) is 19.5 Å². The average molecular weight is 363 g/mol. The van der Waals surface area contributed by atoms with Crippen LogP contribution in [-0.2, 0) is 14.3 Å². The molecule has 1 fully saturated rings. The van der Waals surface area contributed by atoms with E-state index in [1.165, 1.54) is 17.8 Å². The van der Waals surface area contributed by atoms with E-state index >= 15 is 0 Å². The number of carbonyl (C=O) groups excluding carboxylic acids is 2. The predicted molar refractivity (Wildman–Crippen MR) is 91.4 cm³/mol. The second-order valence-corrected chi connectivity index (χ2v) is 6.72. The van der Waals surface area contributed by atoms with Crippen LogP contribution in [0.2, 0.25) is 0 Å². The summed E-state index contributed by atoms with van der Waals surface area (Å²) in [6.45, 7) is 4.87. The number of aromatic amines is 1. The van der Waals surface area contributed by atoms with Gasteiger partial charge in [0.1, 0.15) is 12.0 Å². The fourth-order valence-corrected chi connectivity index (χ4v) is 2.81. The van der Waals surface area contributed by atoms with Gasteiger partial charge in [-0.2, -0.15) is 4.98 Å². The van der Waals surface area contributed by atoms with Crippen molar-refractivity contribution in [1.29, 1.82) is 0 Å². The van der Waals surface area contributed by atoms with E-state index in [2.05, 4.69) is 20.3 Å². The van der Waals surface area contributed by atoms with Gasteiger partial charge in [0.25, 0.3) is 5.56 Å². The maximum Gasteiger partial charge on any atom is 0.280 e. The number of ether oxygens (including phenoxy) is 1. The van der Waals surface area contributed by atoms with Crippen molar-refractivity contribution in [3.8, 4) is 0 Å². The van der Waals surface area contributed by atoms with Crippen LogP contribution in [-0.4, -0.2) is 48.5 Å². The minimum absolute atomic E-state index is 0.0155. The Morgan fingerprint density at radius 1 is 1.50 bits per heavy atom. The van der Waals surface area contributed by atoms with Crippen LogP contribution >= 0.6 is 0 Å². The minimum atomic E-state index is -0.802. The Morgan fingerprint density at radius 3 is 2.88 bits per heavy atom. The van der Waals surface area contributed by atoms with Crippen molar-refractivity contribution < 1.29 is 19.4 Å². The normalized spacial score (nSPS) is 22.9. The molecule has 0 radical (unpaired) electrons. The number of nitrogens with zero attached hydrogens (tertiary/aromatic N) is 3. The van der Waals surface area contributed by atoms with E-state index in [0.717, 1.165) is 0 Å². The predicted octanol–water partition coefficient (Wildman–Crippen LogP) is 0.342. The van der Waals surface area contributed by atoms with Crippen LogP contribution in [0.3, 0.4) is 0 Å². The number of fused-ring (bicyclic) bond motifs is 1. The van der Waals surface area contributed by atoms with Gasteiger partial charge >= 0.3 is 0 Å². The highest BCUT2D eigenvalue weighted by Crippen LogP contribution is 2.32. The van der Waals surface area contributed by atoms with Crippen molar-refractivity contribution in [2.45, 2.75) is 52.0 Å². The largest absolute Gasteiger partial charge is 0.390 e. The zero-order chi connectivity index (χ0) is 19.0. The van der Waals surface area contributed by atoms with Crippen molar-refractivity contribution in [2.75, 3.05) is 5.32 Å². The molecule has 1 aliphatic rings. The molecule has 0 aromatic carbocycles. The lowest BCUT2D eigenvalue weighted by atomic mass is 10.1. The van der Waals surface area contributed by atoms with Crippen molar-refractivity contribution in [3.63, 3.8) is 0 Å². The summed E-state index contributed by atoms with van der Waals surface area (Å²) in [6, 6.07) is 0. The van der Waals surface area contributed by atoms with Gasteiger partial charge in [0.2, 0.25) is 11.9 Å². The fourth-order valence-electron chi connectivity index (χ4n) is 2.81. The van der Waals surface area contributed by atoms with E-state index in [1.54, 1.807) is 13.8 Å². The number of Topliss-reactive ketones (excluding diaryl/α,β-unsaturated/α-hetero) is 1. The van der Waals surface area contributed by atoms with E-state index in [9.17, 15) is 19.5 Å². The lowest BCUT2D eigenvalue weighted by Gasteiger charge is -2.14. The fraction of sp³-hybridized carbons (Fsp3) is 0.562. The molecule has 1 saturated heterocycles. The summed E-state index contributed by atoms with van der Waals surface area (Å²) >= 11 is 0. The third-order valence-electron chi connectivity index (χ3n) is 4.20. The third kappa shape index (κ3) is 3.51. The van der Waals surface area contributed by atoms with E-state index in [0.29, 0.717) is 0 Å². The highest BCUT2D eigenvalue weighted by molar-refractivity contribution is 5.91. The zero-order valence-electron chi connectivity index (χ0n) is 14.7. The molecular weight excluding hydrogens is 342 g/mol. The van der Waals surface area contributed by atoms with Crippen LogP contribution in [0.15, 0.2) is 11.1 Å². The maximum atomic E-state index is 12.2. The topological polar surface area (TPSA) is 139 Å². The first-order valence-corrected chi connectivity index (χ1v) is 8.37. The molecule has 3 N–H and O–H groups in total. The van der Waals surface area contributed by atoms with Crippen molar-refractivity contribution in [3.05, 3.63) is 16.7 Å². The molecule has 10 nitrogen and oxygen atoms in total. The molecule has 140 valence electrons. The number of anilines is 1. The van der Waals surface area contributed by atoms with Gasteiger partial charge < -0.3 is 9.84 Å². The van der Waals surface area contributed by atoms with Crippen molar-refractivity contribution >= 4 is 28.8 Å². The van der Waals surface area contributed by atoms with Gasteiger partial charge in [-0.1, -0.05) is 13.8 Å². The van der Waals surface area contributed by atoms with Gasteiger partial charge in [-0.25, -0.2) is 4.98 Å². The quantitative estimate of drug-likeness (QED) is 0.696. The van der Waals surface area contributed by atoms with Gasteiger partial charge in [0.15, 0.2) is 11.2 Å². The summed E-state index contributed by atoms with van der Waals surface area (Å²) in [5.74, 6) is -0.630. The van der Waals surface area contributed by atoms with Crippen LogP contribution in [0.25, 0.3) is 11.2 Å².